The highest BCUT2D eigenvalue weighted by atomic mass is 16.5. The van der Waals surface area contributed by atoms with E-state index in [1.807, 2.05) is 19.1 Å². The first-order valence-corrected chi connectivity index (χ1v) is 7.16. The second kappa shape index (κ2) is 6.42. The summed E-state index contributed by atoms with van der Waals surface area (Å²) in [6.45, 7) is 2.54. The van der Waals surface area contributed by atoms with Crippen molar-refractivity contribution in [3.8, 4) is 11.8 Å². The van der Waals surface area contributed by atoms with Gasteiger partial charge in [-0.05, 0) is 44.0 Å². The first-order chi connectivity index (χ1) is 9.70. The van der Waals surface area contributed by atoms with Crippen molar-refractivity contribution in [2.45, 2.75) is 39.0 Å². The number of nitrogens with zero attached hydrogens (tertiary/aromatic N) is 1. The Labute approximate surface area is 119 Å². The molecular weight excluding hydrogens is 252 g/mol. The lowest BCUT2D eigenvalue weighted by Crippen LogP contribution is -2.36. The van der Waals surface area contributed by atoms with Crippen LogP contribution >= 0.6 is 0 Å². The SMILES string of the molecule is CCOc1ccc(NC(=O)C2(C#N)CCCCC2)cc1. The molecule has 0 radical (unpaired) electrons. The van der Waals surface area contributed by atoms with Crippen molar-refractivity contribution in [1.82, 2.24) is 0 Å². The van der Waals surface area contributed by atoms with Crippen molar-refractivity contribution in [3.63, 3.8) is 0 Å². The monoisotopic (exact) mass is 272 g/mol. The minimum absolute atomic E-state index is 0.177. The number of hydrogen-bond acceptors (Lipinski definition) is 3. The number of nitrogens with one attached hydrogen (secondary N) is 1. The Morgan fingerprint density at radius 1 is 1.30 bits per heavy atom. The molecular formula is C16H20N2O2. The van der Waals surface area contributed by atoms with Gasteiger partial charge in [0.2, 0.25) is 5.91 Å². The van der Waals surface area contributed by atoms with E-state index in [1.165, 1.54) is 0 Å². The fourth-order valence-electron chi connectivity index (χ4n) is 2.60. The third-order valence-electron chi connectivity index (χ3n) is 3.78. The molecule has 1 aromatic carbocycles. The number of carbonyl (C=O) groups is 1. The highest BCUT2D eigenvalue weighted by molar-refractivity contribution is 5.97. The molecule has 1 aliphatic carbocycles. The van der Waals surface area contributed by atoms with Gasteiger partial charge in [-0.1, -0.05) is 19.3 Å². The molecule has 1 saturated carbocycles. The molecule has 0 aromatic heterocycles. The summed E-state index contributed by atoms with van der Waals surface area (Å²) < 4.78 is 5.36. The van der Waals surface area contributed by atoms with E-state index < -0.39 is 5.41 Å². The number of amides is 1. The molecule has 20 heavy (non-hydrogen) atoms. The van der Waals surface area contributed by atoms with Crippen LogP contribution < -0.4 is 10.1 Å². The molecule has 0 unspecified atom stereocenters. The zero-order valence-electron chi connectivity index (χ0n) is 11.8. The first-order valence-electron chi connectivity index (χ1n) is 7.16. The Kier molecular flexibility index (Phi) is 4.62. The third kappa shape index (κ3) is 3.11. The minimum Gasteiger partial charge on any atom is -0.494 e. The maximum absolute atomic E-state index is 12.4. The van der Waals surface area contributed by atoms with Crippen LogP contribution in [0.4, 0.5) is 5.69 Å². The standard InChI is InChI=1S/C16H20N2O2/c1-2-20-14-8-6-13(7-9-14)18-15(19)16(12-17)10-4-3-5-11-16/h6-9H,2-5,10-11H2,1H3,(H,18,19). The van der Waals surface area contributed by atoms with Crippen LogP contribution in [0.2, 0.25) is 0 Å². The Balaban J connectivity index is 2.05. The van der Waals surface area contributed by atoms with Gasteiger partial charge >= 0.3 is 0 Å². The van der Waals surface area contributed by atoms with Crippen molar-refractivity contribution < 1.29 is 9.53 Å². The van der Waals surface area contributed by atoms with Gasteiger partial charge in [0, 0.05) is 5.69 Å². The fourth-order valence-corrected chi connectivity index (χ4v) is 2.60. The van der Waals surface area contributed by atoms with Crippen LogP contribution in [-0.2, 0) is 4.79 Å². The van der Waals surface area contributed by atoms with Gasteiger partial charge in [0.15, 0.2) is 0 Å². The van der Waals surface area contributed by atoms with Crippen LogP contribution in [0.1, 0.15) is 39.0 Å². The number of benzene rings is 1. The van der Waals surface area contributed by atoms with Gasteiger partial charge in [0.05, 0.1) is 12.7 Å². The van der Waals surface area contributed by atoms with Crippen LogP contribution in [0.5, 0.6) is 5.75 Å². The highest BCUT2D eigenvalue weighted by Crippen LogP contribution is 2.36. The van der Waals surface area contributed by atoms with Crippen molar-refractivity contribution in [1.29, 1.82) is 5.26 Å². The van der Waals surface area contributed by atoms with Crippen LogP contribution in [0.25, 0.3) is 0 Å². The van der Waals surface area contributed by atoms with E-state index in [0.29, 0.717) is 25.1 Å². The second-order valence-electron chi connectivity index (χ2n) is 5.17. The molecule has 0 spiro atoms. The lowest BCUT2D eigenvalue weighted by Gasteiger charge is -2.29. The molecule has 106 valence electrons. The first kappa shape index (κ1) is 14.4. The summed E-state index contributed by atoms with van der Waals surface area (Å²) >= 11 is 0. The summed E-state index contributed by atoms with van der Waals surface area (Å²) in [4.78, 5) is 12.4. The van der Waals surface area contributed by atoms with Gasteiger partial charge in [-0.3, -0.25) is 4.79 Å². The molecule has 1 aromatic rings. The summed E-state index contributed by atoms with van der Waals surface area (Å²) in [5.41, 5.74) is -0.143. The van der Waals surface area contributed by atoms with Gasteiger partial charge in [-0.2, -0.15) is 5.26 Å². The maximum atomic E-state index is 12.4. The van der Waals surface area contributed by atoms with Crippen LogP contribution in [0.15, 0.2) is 24.3 Å². The molecule has 0 heterocycles. The smallest absolute Gasteiger partial charge is 0.244 e. The average Bonchev–Trinajstić information content (AvgIpc) is 2.50. The summed E-state index contributed by atoms with van der Waals surface area (Å²) in [5, 5.41) is 12.2. The molecule has 1 amide bonds. The summed E-state index contributed by atoms with van der Waals surface area (Å²) in [5.74, 6) is 0.599. The van der Waals surface area contributed by atoms with E-state index in [0.717, 1.165) is 25.0 Å². The Morgan fingerprint density at radius 2 is 1.95 bits per heavy atom. The lowest BCUT2D eigenvalue weighted by atomic mass is 9.74. The Morgan fingerprint density at radius 3 is 2.50 bits per heavy atom. The highest BCUT2D eigenvalue weighted by Gasteiger charge is 2.39. The quantitative estimate of drug-likeness (QED) is 0.912. The van der Waals surface area contributed by atoms with E-state index >= 15 is 0 Å². The number of ether oxygens (including phenoxy) is 1. The number of carbonyl (C=O) groups excluding carboxylic acids is 1. The zero-order valence-corrected chi connectivity index (χ0v) is 11.8. The second-order valence-corrected chi connectivity index (χ2v) is 5.17. The molecule has 0 aliphatic heterocycles. The van der Waals surface area contributed by atoms with Crippen molar-refractivity contribution in [2.75, 3.05) is 11.9 Å². The number of rotatable bonds is 4. The van der Waals surface area contributed by atoms with Crippen molar-refractivity contribution >= 4 is 11.6 Å². The van der Waals surface area contributed by atoms with Crippen LogP contribution in [0.3, 0.4) is 0 Å². The molecule has 1 N–H and O–H groups in total. The van der Waals surface area contributed by atoms with E-state index in [4.69, 9.17) is 4.74 Å². The summed E-state index contributed by atoms with van der Waals surface area (Å²) in [7, 11) is 0. The molecule has 1 fully saturated rings. The van der Waals surface area contributed by atoms with Gasteiger partial charge < -0.3 is 10.1 Å². The van der Waals surface area contributed by atoms with E-state index in [9.17, 15) is 10.1 Å². The molecule has 1 aliphatic rings. The van der Waals surface area contributed by atoms with E-state index in [1.54, 1.807) is 12.1 Å². The van der Waals surface area contributed by atoms with Gasteiger partial charge in [0.25, 0.3) is 0 Å². The predicted molar refractivity (Wildman–Crippen MR) is 77.4 cm³/mol. The predicted octanol–water partition coefficient (Wildman–Crippen LogP) is 3.50. The summed E-state index contributed by atoms with van der Waals surface area (Å²) in [6, 6.07) is 9.47. The van der Waals surface area contributed by atoms with E-state index in [-0.39, 0.29) is 5.91 Å². The fraction of sp³-hybridized carbons (Fsp3) is 0.500. The van der Waals surface area contributed by atoms with Crippen molar-refractivity contribution in [2.24, 2.45) is 5.41 Å². The van der Waals surface area contributed by atoms with Gasteiger partial charge in [-0.25, -0.2) is 0 Å². The largest absolute Gasteiger partial charge is 0.494 e. The molecule has 2 rings (SSSR count). The zero-order chi connectivity index (χ0) is 14.4. The van der Waals surface area contributed by atoms with E-state index in [2.05, 4.69) is 11.4 Å². The minimum atomic E-state index is -0.850. The number of anilines is 1. The topological polar surface area (TPSA) is 62.1 Å². The Hall–Kier alpha value is -2.02. The molecule has 0 saturated heterocycles. The average molecular weight is 272 g/mol. The van der Waals surface area contributed by atoms with Crippen molar-refractivity contribution in [3.05, 3.63) is 24.3 Å². The molecule has 0 atom stereocenters. The molecule has 4 heteroatoms. The molecule has 4 nitrogen and oxygen atoms in total. The lowest BCUT2D eigenvalue weighted by molar-refractivity contribution is -0.124. The number of nitriles is 1. The maximum Gasteiger partial charge on any atom is 0.244 e. The Bertz CT molecular complexity index is 496. The molecule has 0 bridgehead atoms. The van der Waals surface area contributed by atoms with Crippen LogP contribution in [0, 0.1) is 16.7 Å². The third-order valence-corrected chi connectivity index (χ3v) is 3.78. The van der Waals surface area contributed by atoms with Gasteiger partial charge in [-0.15, -0.1) is 0 Å². The summed E-state index contributed by atoms with van der Waals surface area (Å²) in [6.07, 6.45) is 4.33. The van der Waals surface area contributed by atoms with Crippen LogP contribution in [-0.4, -0.2) is 12.5 Å². The normalized spacial score (nSPS) is 17.0. The number of hydrogen-bond donors (Lipinski definition) is 1. The van der Waals surface area contributed by atoms with Gasteiger partial charge in [0.1, 0.15) is 11.2 Å².